The summed E-state index contributed by atoms with van der Waals surface area (Å²) in [6.45, 7) is 6.31. The Hall–Kier alpha value is -1.57. The van der Waals surface area contributed by atoms with Gasteiger partial charge in [-0.2, -0.15) is 0 Å². The molecule has 0 aliphatic rings. The zero-order chi connectivity index (χ0) is 12.7. The highest BCUT2D eigenvalue weighted by atomic mass is 16.5. The van der Waals surface area contributed by atoms with Gasteiger partial charge in [-0.25, -0.2) is 4.79 Å². The van der Waals surface area contributed by atoms with Crippen LogP contribution in [0.3, 0.4) is 0 Å². The van der Waals surface area contributed by atoms with Gasteiger partial charge < -0.3 is 4.74 Å². The summed E-state index contributed by atoms with van der Waals surface area (Å²) >= 11 is 0. The van der Waals surface area contributed by atoms with Crippen molar-refractivity contribution in [3.05, 3.63) is 47.5 Å². The van der Waals surface area contributed by atoms with Crippen LogP contribution in [0.4, 0.5) is 0 Å². The van der Waals surface area contributed by atoms with Gasteiger partial charge in [-0.3, -0.25) is 0 Å². The zero-order valence-corrected chi connectivity index (χ0v) is 10.8. The van der Waals surface area contributed by atoms with E-state index in [-0.39, 0.29) is 11.9 Å². The lowest BCUT2D eigenvalue weighted by molar-refractivity contribution is -0.138. The SMILES string of the molecule is CCOC(=O)/C(=C/C(C)c1ccccc1)CC. The molecule has 1 rings (SSSR count). The van der Waals surface area contributed by atoms with E-state index < -0.39 is 0 Å². The van der Waals surface area contributed by atoms with Gasteiger partial charge in [-0.05, 0) is 24.8 Å². The van der Waals surface area contributed by atoms with Crippen molar-refractivity contribution in [2.75, 3.05) is 6.61 Å². The lowest BCUT2D eigenvalue weighted by Crippen LogP contribution is -2.08. The maximum Gasteiger partial charge on any atom is 0.333 e. The second-order valence-electron chi connectivity index (χ2n) is 3.97. The van der Waals surface area contributed by atoms with E-state index in [1.807, 2.05) is 38.1 Å². The van der Waals surface area contributed by atoms with Crippen LogP contribution in [-0.4, -0.2) is 12.6 Å². The minimum atomic E-state index is -0.196. The van der Waals surface area contributed by atoms with Crippen molar-refractivity contribution in [3.63, 3.8) is 0 Å². The summed E-state index contributed by atoms with van der Waals surface area (Å²) in [4.78, 5) is 11.7. The van der Waals surface area contributed by atoms with Gasteiger partial charge in [0.2, 0.25) is 0 Å². The number of rotatable bonds is 5. The Kier molecular flexibility index (Phi) is 5.47. The maximum atomic E-state index is 11.7. The fourth-order valence-corrected chi connectivity index (χ4v) is 1.71. The highest BCUT2D eigenvalue weighted by Crippen LogP contribution is 2.19. The van der Waals surface area contributed by atoms with Gasteiger partial charge in [-0.15, -0.1) is 0 Å². The van der Waals surface area contributed by atoms with E-state index in [9.17, 15) is 4.79 Å². The Morgan fingerprint density at radius 1 is 1.29 bits per heavy atom. The predicted octanol–water partition coefficient (Wildman–Crippen LogP) is 3.69. The lowest BCUT2D eigenvalue weighted by Gasteiger charge is -2.10. The van der Waals surface area contributed by atoms with Crippen molar-refractivity contribution < 1.29 is 9.53 Å². The molecule has 0 bridgehead atoms. The van der Waals surface area contributed by atoms with E-state index in [0.717, 1.165) is 5.57 Å². The van der Waals surface area contributed by atoms with Crippen molar-refractivity contribution in [2.45, 2.75) is 33.1 Å². The number of hydrogen-bond donors (Lipinski definition) is 0. The molecule has 0 aliphatic carbocycles. The summed E-state index contributed by atoms with van der Waals surface area (Å²) < 4.78 is 5.02. The van der Waals surface area contributed by atoms with Crippen LogP contribution < -0.4 is 0 Å². The Labute approximate surface area is 103 Å². The van der Waals surface area contributed by atoms with Crippen molar-refractivity contribution in [3.8, 4) is 0 Å². The largest absolute Gasteiger partial charge is 0.463 e. The first-order valence-electron chi connectivity index (χ1n) is 6.11. The smallest absolute Gasteiger partial charge is 0.333 e. The molecule has 1 aromatic carbocycles. The van der Waals surface area contributed by atoms with Crippen molar-refractivity contribution >= 4 is 5.97 Å². The highest BCUT2D eigenvalue weighted by Gasteiger charge is 2.10. The Balaban J connectivity index is 2.81. The fraction of sp³-hybridized carbons (Fsp3) is 0.400. The van der Waals surface area contributed by atoms with Gasteiger partial charge >= 0.3 is 5.97 Å². The van der Waals surface area contributed by atoms with E-state index in [4.69, 9.17) is 4.74 Å². The Morgan fingerprint density at radius 2 is 1.94 bits per heavy atom. The van der Waals surface area contributed by atoms with Crippen LogP contribution in [0.15, 0.2) is 42.0 Å². The first-order valence-corrected chi connectivity index (χ1v) is 6.11. The van der Waals surface area contributed by atoms with Gasteiger partial charge in [0.1, 0.15) is 0 Å². The summed E-state index contributed by atoms with van der Waals surface area (Å²) in [5.41, 5.74) is 1.96. The number of ether oxygens (including phenoxy) is 1. The molecule has 1 aromatic rings. The monoisotopic (exact) mass is 232 g/mol. The molecule has 0 fully saturated rings. The van der Waals surface area contributed by atoms with Crippen LogP contribution in [0.25, 0.3) is 0 Å². The van der Waals surface area contributed by atoms with E-state index in [2.05, 4.69) is 19.1 Å². The van der Waals surface area contributed by atoms with Gasteiger partial charge in [0.05, 0.1) is 6.61 Å². The van der Waals surface area contributed by atoms with Crippen LogP contribution in [0.5, 0.6) is 0 Å². The van der Waals surface area contributed by atoms with Gasteiger partial charge in [0, 0.05) is 5.57 Å². The molecule has 0 aliphatic heterocycles. The average molecular weight is 232 g/mol. The van der Waals surface area contributed by atoms with Crippen LogP contribution in [0.1, 0.15) is 38.7 Å². The number of esters is 1. The number of allylic oxidation sites excluding steroid dienone is 1. The van der Waals surface area contributed by atoms with Gasteiger partial charge in [0.15, 0.2) is 0 Å². The Bertz CT molecular complexity index is 379. The van der Waals surface area contributed by atoms with E-state index in [0.29, 0.717) is 13.0 Å². The van der Waals surface area contributed by atoms with Gasteiger partial charge in [-0.1, -0.05) is 50.3 Å². The Morgan fingerprint density at radius 3 is 2.47 bits per heavy atom. The van der Waals surface area contributed by atoms with Crippen LogP contribution >= 0.6 is 0 Å². The quantitative estimate of drug-likeness (QED) is 0.571. The fourth-order valence-electron chi connectivity index (χ4n) is 1.71. The molecule has 0 aromatic heterocycles. The third kappa shape index (κ3) is 4.06. The van der Waals surface area contributed by atoms with E-state index in [1.54, 1.807) is 0 Å². The molecule has 2 nitrogen and oxygen atoms in total. The molecular weight excluding hydrogens is 212 g/mol. The molecule has 17 heavy (non-hydrogen) atoms. The standard InChI is InChI=1S/C15H20O2/c1-4-13(15(16)17-5-2)11-12(3)14-9-7-6-8-10-14/h6-12H,4-5H2,1-3H3/b13-11+. The summed E-state index contributed by atoms with van der Waals surface area (Å²) in [6, 6.07) is 10.1. The topological polar surface area (TPSA) is 26.3 Å². The molecule has 0 spiro atoms. The van der Waals surface area contributed by atoms with Crippen LogP contribution in [0, 0.1) is 0 Å². The second-order valence-corrected chi connectivity index (χ2v) is 3.97. The van der Waals surface area contributed by atoms with Gasteiger partial charge in [0.25, 0.3) is 0 Å². The minimum Gasteiger partial charge on any atom is -0.463 e. The molecule has 0 saturated heterocycles. The molecule has 92 valence electrons. The van der Waals surface area contributed by atoms with Crippen molar-refractivity contribution in [2.24, 2.45) is 0 Å². The van der Waals surface area contributed by atoms with E-state index in [1.165, 1.54) is 5.56 Å². The molecule has 0 radical (unpaired) electrons. The summed E-state index contributed by atoms with van der Waals surface area (Å²) in [6.07, 6.45) is 2.70. The average Bonchev–Trinajstić information content (AvgIpc) is 2.37. The van der Waals surface area contributed by atoms with E-state index >= 15 is 0 Å². The molecule has 0 amide bonds. The number of carbonyl (C=O) groups is 1. The lowest BCUT2D eigenvalue weighted by atomic mass is 9.98. The summed E-state index contributed by atoms with van der Waals surface area (Å²) in [5.74, 6) is 0.0355. The minimum absolute atomic E-state index is 0.196. The molecule has 0 N–H and O–H groups in total. The number of benzene rings is 1. The van der Waals surface area contributed by atoms with Crippen molar-refractivity contribution in [1.29, 1.82) is 0 Å². The number of hydrogen-bond acceptors (Lipinski definition) is 2. The molecule has 0 heterocycles. The first kappa shape index (κ1) is 13.5. The van der Waals surface area contributed by atoms with Crippen LogP contribution in [-0.2, 0) is 9.53 Å². The summed E-state index contributed by atoms with van der Waals surface area (Å²) in [7, 11) is 0. The molecule has 0 saturated carbocycles. The zero-order valence-electron chi connectivity index (χ0n) is 10.8. The third-order valence-electron chi connectivity index (χ3n) is 2.70. The normalized spacial score (nSPS) is 13.2. The third-order valence-corrected chi connectivity index (χ3v) is 2.70. The number of carbonyl (C=O) groups excluding carboxylic acids is 1. The van der Waals surface area contributed by atoms with Crippen molar-refractivity contribution in [1.82, 2.24) is 0 Å². The molecule has 1 atom stereocenters. The summed E-state index contributed by atoms with van der Waals surface area (Å²) in [5, 5.41) is 0. The molecular formula is C15H20O2. The molecule has 1 unspecified atom stereocenters. The highest BCUT2D eigenvalue weighted by molar-refractivity contribution is 5.88. The maximum absolute atomic E-state index is 11.7. The first-order chi connectivity index (χ1) is 8.19. The second kappa shape index (κ2) is 6.89. The molecule has 2 heteroatoms. The predicted molar refractivity (Wildman–Crippen MR) is 69.9 cm³/mol. The van der Waals surface area contributed by atoms with Crippen LogP contribution in [0.2, 0.25) is 0 Å².